The minimum atomic E-state index is -3.09. The van der Waals surface area contributed by atoms with Crippen molar-refractivity contribution in [3.8, 4) is 0 Å². The Hall–Kier alpha value is -1.94. The molecule has 0 spiro atoms. The van der Waals surface area contributed by atoms with Gasteiger partial charge in [-0.25, -0.2) is 17.8 Å². The number of fused-ring (bicyclic) bond motifs is 1. The van der Waals surface area contributed by atoms with Crippen molar-refractivity contribution in [2.45, 2.75) is 36.7 Å². The number of nitrogens with one attached hydrogen (secondary N) is 1. The Kier molecular flexibility index (Phi) is 5.57. The van der Waals surface area contributed by atoms with Crippen molar-refractivity contribution in [1.29, 1.82) is 0 Å². The highest BCUT2D eigenvalue weighted by Crippen LogP contribution is 2.25. The summed E-state index contributed by atoms with van der Waals surface area (Å²) in [5.41, 5.74) is -0.132. The lowest BCUT2D eigenvalue weighted by molar-refractivity contribution is -0.131. The fourth-order valence-corrected chi connectivity index (χ4v) is 5.82. The highest BCUT2D eigenvalue weighted by Gasteiger charge is 2.35. The van der Waals surface area contributed by atoms with Gasteiger partial charge in [-0.15, -0.1) is 0 Å². The van der Waals surface area contributed by atoms with Crippen LogP contribution in [0.3, 0.4) is 0 Å². The summed E-state index contributed by atoms with van der Waals surface area (Å²) in [5, 5.41) is -0.158. The van der Waals surface area contributed by atoms with Gasteiger partial charge in [0.1, 0.15) is 5.82 Å². The number of aromatic amines is 1. The molecular weight excluding hydrogens is 393 g/mol. The van der Waals surface area contributed by atoms with E-state index in [-0.39, 0.29) is 34.0 Å². The predicted octanol–water partition coefficient (Wildman–Crippen LogP) is 1.58. The number of benzene rings is 1. The first kappa shape index (κ1) is 19.8. The SMILES string of the molecule is CCN(C(=O)[C@@H](C)Sc1nc2ccc(F)cc2c(=O)[nH]1)[C@H]1CCS(=O)(=O)C1. The number of hydrogen-bond donors (Lipinski definition) is 1. The molecule has 0 saturated carbocycles. The summed E-state index contributed by atoms with van der Waals surface area (Å²) in [7, 11) is -3.09. The summed E-state index contributed by atoms with van der Waals surface area (Å²) in [6.45, 7) is 3.91. The summed E-state index contributed by atoms with van der Waals surface area (Å²) in [4.78, 5) is 33.4. The zero-order valence-electron chi connectivity index (χ0n) is 14.9. The van der Waals surface area contributed by atoms with Gasteiger partial charge in [0, 0.05) is 12.6 Å². The van der Waals surface area contributed by atoms with Crippen LogP contribution in [-0.2, 0) is 14.6 Å². The first-order valence-electron chi connectivity index (χ1n) is 8.57. The molecule has 10 heteroatoms. The summed E-state index contributed by atoms with van der Waals surface area (Å²) in [5.74, 6) is -0.644. The quantitative estimate of drug-likeness (QED) is 0.590. The molecule has 1 N–H and O–H groups in total. The smallest absolute Gasteiger partial charge is 0.259 e. The Balaban J connectivity index is 1.78. The van der Waals surface area contributed by atoms with Crippen LogP contribution in [0, 0.1) is 5.82 Å². The van der Waals surface area contributed by atoms with Gasteiger partial charge in [0.15, 0.2) is 15.0 Å². The van der Waals surface area contributed by atoms with Gasteiger partial charge in [-0.2, -0.15) is 0 Å². The highest BCUT2D eigenvalue weighted by atomic mass is 32.2. The van der Waals surface area contributed by atoms with E-state index in [0.717, 1.165) is 17.8 Å². The van der Waals surface area contributed by atoms with E-state index in [2.05, 4.69) is 9.97 Å². The molecule has 1 aliphatic rings. The number of carbonyl (C=O) groups is 1. The number of H-pyrrole nitrogens is 1. The van der Waals surface area contributed by atoms with Crippen LogP contribution >= 0.6 is 11.8 Å². The van der Waals surface area contributed by atoms with E-state index in [1.54, 1.807) is 11.8 Å². The number of halogens is 1. The summed E-state index contributed by atoms with van der Waals surface area (Å²) in [6.07, 6.45) is 0.440. The average molecular weight is 413 g/mol. The van der Waals surface area contributed by atoms with E-state index < -0.39 is 26.5 Å². The summed E-state index contributed by atoms with van der Waals surface area (Å²) >= 11 is 1.09. The third-order valence-corrected chi connectivity index (χ3v) is 7.28. The number of hydrogen-bond acceptors (Lipinski definition) is 6. The molecule has 1 aliphatic heterocycles. The number of carbonyl (C=O) groups excluding carboxylic acids is 1. The lowest BCUT2D eigenvalue weighted by Crippen LogP contribution is -2.44. The normalized spacial score (nSPS) is 19.9. The second-order valence-corrected chi connectivity index (χ2v) is 10.0. The lowest BCUT2D eigenvalue weighted by Gasteiger charge is -2.29. The third kappa shape index (κ3) is 4.32. The highest BCUT2D eigenvalue weighted by molar-refractivity contribution is 8.00. The van der Waals surface area contributed by atoms with Gasteiger partial charge in [0.05, 0.1) is 27.7 Å². The number of thioether (sulfide) groups is 1. The monoisotopic (exact) mass is 413 g/mol. The molecular formula is C17H20FN3O4S2. The molecule has 27 heavy (non-hydrogen) atoms. The van der Waals surface area contributed by atoms with Gasteiger partial charge >= 0.3 is 0 Å². The second kappa shape index (κ2) is 7.59. The molecule has 146 valence electrons. The van der Waals surface area contributed by atoms with Gasteiger partial charge in [0.25, 0.3) is 5.56 Å². The van der Waals surface area contributed by atoms with Crippen molar-refractivity contribution in [2.24, 2.45) is 0 Å². The van der Waals surface area contributed by atoms with E-state index in [9.17, 15) is 22.4 Å². The minimum Gasteiger partial charge on any atom is -0.338 e. The molecule has 1 amide bonds. The molecule has 1 saturated heterocycles. The Bertz CT molecular complexity index is 1040. The average Bonchev–Trinajstić information content (AvgIpc) is 2.96. The zero-order valence-corrected chi connectivity index (χ0v) is 16.6. The van der Waals surface area contributed by atoms with Crippen LogP contribution in [0.5, 0.6) is 0 Å². The van der Waals surface area contributed by atoms with E-state index >= 15 is 0 Å². The predicted molar refractivity (Wildman–Crippen MR) is 102 cm³/mol. The van der Waals surface area contributed by atoms with Gasteiger partial charge in [0.2, 0.25) is 5.91 Å². The van der Waals surface area contributed by atoms with E-state index in [4.69, 9.17) is 0 Å². The zero-order chi connectivity index (χ0) is 19.8. The largest absolute Gasteiger partial charge is 0.338 e. The molecule has 1 aromatic carbocycles. The number of sulfone groups is 1. The first-order valence-corrected chi connectivity index (χ1v) is 11.3. The Labute approximate surface area is 160 Å². The van der Waals surface area contributed by atoms with Crippen molar-refractivity contribution in [3.05, 3.63) is 34.4 Å². The third-order valence-electron chi connectivity index (χ3n) is 4.55. The molecule has 0 aliphatic carbocycles. The van der Waals surface area contributed by atoms with Gasteiger partial charge in [-0.05, 0) is 38.5 Å². The number of rotatable bonds is 5. The molecule has 3 rings (SSSR count). The number of amides is 1. The molecule has 1 aromatic heterocycles. The Morgan fingerprint density at radius 1 is 1.48 bits per heavy atom. The van der Waals surface area contributed by atoms with E-state index in [0.29, 0.717) is 18.5 Å². The first-order chi connectivity index (χ1) is 12.7. The van der Waals surface area contributed by atoms with E-state index in [1.807, 2.05) is 6.92 Å². The molecule has 0 bridgehead atoms. The maximum Gasteiger partial charge on any atom is 0.259 e. The fourth-order valence-electron chi connectivity index (χ4n) is 3.21. The molecule has 7 nitrogen and oxygen atoms in total. The van der Waals surface area contributed by atoms with Gasteiger partial charge in [-0.3, -0.25) is 9.59 Å². The molecule has 0 radical (unpaired) electrons. The van der Waals surface area contributed by atoms with Crippen molar-refractivity contribution in [3.63, 3.8) is 0 Å². The van der Waals surface area contributed by atoms with Crippen molar-refractivity contribution < 1.29 is 17.6 Å². The Morgan fingerprint density at radius 2 is 2.22 bits per heavy atom. The molecule has 2 aromatic rings. The van der Waals surface area contributed by atoms with Gasteiger partial charge in [-0.1, -0.05) is 11.8 Å². The second-order valence-electron chi connectivity index (χ2n) is 6.47. The lowest BCUT2D eigenvalue weighted by atomic mass is 10.2. The number of aromatic nitrogens is 2. The maximum atomic E-state index is 13.3. The van der Waals surface area contributed by atoms with Crippen molar-refractivity contribution >= 4 is 38.4 Å². The Morgan fingerprint density at radius 3 is 2.85 bits per heavy atom. The minimum absolute atomic E-state index is 0.0133. The fraction of sp³-hybridized carbons (Fsp3) is 0.471. The summed E-state index contributed by atoms with van der Waals surface area (Å²) in [6, 6.07) is 3.43. The number of nitrogens with zero attached hydrogens (tertiary/aromatic N) is 2. The van der Waals surface area contributed by atoms with Crippen LogP contribution < -0.4 is 5.56 Å². The standard InChI is InChI=1S/C17H20FN3O4S2/c1-3-21(12-6-7-27(24,25)9-12)16(23)10(2)26-17-19-14-5-4-11(18)8-13(14)15(22)20-17/h4-5,8,10,12H,3,6-7,9H2,1-2H3,(H,19,20,22)/t10-,12+/m1/s1. The van der Waals surface area contributed by atoms with Crippen LogP contribution in [0.1, 0.15) is 20.3 Å². The summed E-state index contributed by atoms with van der Waals surface area (Å²) < 4.78 is 36.7. The molecule has 0 unspecified atom stereocenters. The maximum absolute atomic E-state index is 13.3. The van der Waals surface area contributed by atoms with Crippen LogP contribution in [-0.4, -0.2) is 58.5 Å². The van der Waals surface area contributed by atoms with Gasteiger partial charge < -0.3 is 9.88 Å². The van der Waals surface area contributed by atoms with Crippen LogP contribution in [0.2, 0.25) is 0 Å². The molecule has 2 atom stereocenters. The molecule has 2 heterocycles. The van der Waals surface area contributed by atoms with Crippen LogP contribution in [0.15, 0.2) is 28.2 Å². The topological polar surface area (TPSA) is 100 Å². The van der Waals surface area contributed by atoms with Crippen LogP contribution in [0.4, 0.5) is 4.39 Å². The van der Waals surface area contributed by atoms with Crippen molar-refractivity contribution in [2.75, 3.05) is 18.1 Å². The van der Waals surface area contributed by atoms with Crippen molar-refractivity contribution in [1.82, 2.24) is 14.9 Å². The molecule has 1 fully saturated rings. The van der Waals surface area contributed by atoms with Crippen LogP contribution in [0.25, 0.3) is 10.9 Å². The van der Waals surface area contributed by atoms with E-state index in [1.165, 1.54) is 12.1 Å².